The maximum Gasteiger partial charge on any atom is 0.200 e. The van der Waals surface area contributed by atoms with E-state index >= 15 is 0 Å². The van der Waals surface area contributed by atoms with Crippen LogP contribution in [0.5, 0.6) is 0 Å². The van der Waals surface area contributed by atoms with E-state index in [4.69, 9.17) is 5.11 Å². The molecule has 2 aromatic rings. The SMILES string of the molecule is OCc1cnc(-c2c(F)c(F)c(F)c(F)c2F)c(F)c1. The molecule has 1 aromatic carbocycles. The summed E-state index contributed by atoms with van der Waals surface area (Å²) in [6, 6.07) is 0.681. The van der Waals surface area contributed by atoms with E-state index in [2.05, 4.69) is 4.98 Å². The smallest absolute Gasteiger partial charge is 0.200 e. The highest BCUT2D eigenvalue weighted by Crippen LogP contribution is 2.31. The summed E-state index contributed by atoms with van der Waals surface area (Å²) >= 11 is 0. The second kappa shape index (κ2) is 5.12. The van der Waals surface area contributed by atoms with Crippen LogP contribution in [-0.4, -0.2) is 10.1 Å². The number of nitrogens with zero attached hydrogens (tertiary/aromatic N) is 1. The molecule has 1 heterocycles. The van der Waals surface area contributed by atoms with Crippen molar-refractivity contribution in [2.75, 3.05) is 0 Å². The van der Waals surface area contributed by atoms with Crippen molar-refractivity contribution in [1.82, 2.24) is 4.98 Å². The summed E-state index contributed by atoms with van der Waals surface area (Å²) in [6.07, 6.45) is 0.858. The Bertz CT molecular complexity index is 659. The molecule has 0 spiro atoms. The predicted molar refractivity (Wildman–Crippen MR) is 55.3 cm³/mol. The van der Waals surface area contributed by atoms with E-state index in [0.717, 1.165) is 6.20 Å². The first-order valence-electron chi connectivity index (χ1n) is 5.15. The quantitative estimate of drug-likeness (QED) is 0.524. The highest BCUT2D eigenvalue weighted by atomic mass is 19.2. The second-order valence-corrected chi connectivity index (χ2v) is 3.78. The number of rotatable bonds is 2. The fourth-order valence-electron chi connectivity index (χ4n) is 1.56. The molecule has 0 aliphatic rings. The van der Waals surface area contributed by atoms with Crippen LogP contribution in [0.2, 0.25) is 0 Å². The molecule has 0 fully saturated rings. The van der Waals surface area contributed by atoms with Crippen LogP contribution >= 0.6 is 0 Å². The van der Waals surface area contributed by atoms with E-state index in [0.29, 0.717) is 6.07 Å². The van der Waals surface area contributed by atoms with Crippen LogP contribution in [-0.2, 0) is 6.61 Å². The number of aliphatic hydroxyl groups is 1. The fraction of sp³-hybridized carbons (Fsp3) is 0.0833. The zero-order valence-corrected chi connectivity index (χ0v) is 9.52. The Morgan fingerprint density at radius 2 is 1.35 bits per heavy atom. The molecule has 0 saturated carbocycles. The number of benzene rings is 1. The minimum absolute atomic E-state index is 0.0184. The zero-order valence-electron chi connectivity index (χ0n) is 9.52. The molecule has 0 bridgehead atoms. The van der Waals surface area contributed by atoms with Gasteiger partial charge in [0.15, 0.2) is 23.3 Å². The van der Waals surface area contributed by atoms with Gasteiger partial charge in [0.2, 0.25) is 5.82 Å². The van der Waals surface area contributed by atoms with Gasteiger partial charge in [0.1, 0.15) is 11.5 Å². The topological polar surface area (TPSA) is 33.1 Å². The van der Waals surface area contributed by atoms with Gasteiger partial charge in [-0.3, -0.25) is 4.98 Å². The number of hydrogen-bond acceptors (Lipinski definition) is 2. The highest BCUT2D eigenvalue weighted by molar-refractivity contribution is 5.62. The first kappa shape index (κ1) is 14.3. The third-order valence-corrected chi connectivity index (χ3v) is 2.53. The first-order chi connectivity index (χ1) is 9.38. The van der Waals surface area contributed by atoms with Gasteiger partial charge in [-0.15, -0.1) is 0 Å². The van der Waals surface area contributed by atoms with Crippen molar-refractivity contribution < 1.29 is 31.4 Å². The normalized spacial score (nSPS) is 10.9. The summed E-state index contributed by atoms with van der Waals surface area (Å²) in [5.41, 5.74) is -2.51. The van der Waals surface area contributed by atoms with Crippen LogP contribution in [0.3, 0.4) is 0 Å². The van der Waals surface area contributed by atoms with E-state index in [1.807, 2.05) is 0 Å². The molecule has 2 rings (SSSR count). The maximum absolute atomic E-state index is 13.6. The lowest BCUT2D eigenvalue weighted by atomic mass is 10.1. The van der Waals surface area contributed by atoms with Crippen molar-refractivity contribution in [3.05, 3.63) is 52.7 Å². The molecule has 0 unspecified atom stereocenters. The number of hydrogen-bond donors (Lipinski definition) is 1. The Balaban J connectivity index is 2.76. The van der Waals surface area contributed by atoms with Gasteiger partial charge in [0, 0.05) is 6.20 Å². The second-order valence-electron chi connectivity index (χ2n) is 3.78. The minimum Gasteiger partial charge on any atom is -0.392 e. The monoisotopic (exact) mass is 293 g/mol. The Hall–Kier alpha value is -2.09. The molecular formula is C12H5F6NO. The molecule has 0 atom stereocenters. The molecule has 1 N–H and O–H groups in total. The first-order valence-corrected chi connectivity index (χ1v) is 5.15. The van der Waals surface area contributed by atoms with Crippen LogP contribution in [0, 0.1) is 34.9 Å². The summed E-state index contributed by atoms with van der Waals surface area (Å²) in [5, 5.41) is 8.73. The zero-order chi connectivity index (χ0) is 15.0. The molecule has 106 valence electrons. The van der Waals surface area contributed by atoms with Gasteiger partial charge >= 0.3 is 0 Å². The number of aliphatic hydroxyl groups excluding tert-OH is 1. The van der Waals surface area contributed by atoms with E-state index < -0.39 is 52.8 Å². The molecule has 20 heavy (non-hydrogen) atoms. The Morgan fingerprint density at radius 1 is 0.850 bits per heavy atom. The van der Waals surface area contributed by atoms with E-state index in [1.165, 1.54) is 0 Å². The van der Waals surface area contributed by atoms with Crippen molar-refractivity contribution >= 4 is 0 Å². The van der Waals surface area contributed by atoms with Gasteiger partial charge in [-0.1, -0.05) is 0 Å². The summed E-state index contributed by atoms with van der Waals surface area (Å²) in [4.78, 5) is 3.28. The number of aromatic nitrogens is 1. The molecule has 0 amide bonds. The number of halogens is 6. The predicted octanol–water partition coefficient (Wildman–Crippen LogP) is 3.08. The fourth-order valence-corrected chi connectivity index (χ4v) is 1.56. The molecule has 8 heteroatoms. The van der Waals surface area contributed by atoms with Gasteiger partial charge in [-0.25, -0.2) is 26.3 Å². The third kappa shape index (κ3) is 2.11. The summed E-state index contributed by atoms with van der Waals surface area (Å²) in [5.74, 6) is -12.4. The lowest BCUT2D eigenvalue weighted by Gasteiger charge is -2.09. The summed E-state index contributed by atoms with van der Waals surface area (Å²) in [6.45, 7) is -0.596. The molecule has 0 aliphatic carbocycles. The molecule has 2 nitrogen and oxygen atoms in total. The van der Waals surface area contributed by atoms with Crippen LogP contribution in [0.15, 0.2) is 12.3 Å². The Labute approximate surface area is 108 Å². The molecule has 0 saturated heterocycles. The van der Waals surface area contributed by atoms with Crippen LogP contribution in [0.4, 0.5) is 26.3 Å². The summed E-state index contributed by atoms with van der Waals surface area (Å²) in [7, 11) is 0. The van der Waals surface area contributed by atoms with Crippen molar-refractivity contribution in [2.45, 2.75) is 6.61 Å². The van der Waals surface area contributed by atoms with Crippen LogP contribution < -0.4 is 0 Å². The van der Waals surface area contributed by atoms with Gasteiger partial charge < -0.3 is 5.11 Å². The van der Waals surface area contributed by atoms with Gasteiger partial charge in [0.25, 0.3) is 0 Å². The van der Waals surface area contributed by atoms with E-state index in [1.54, 1.807) is 0 Å². The van der Waals surface area contributed by atoms with Crippen molar-refractivity contribution in [2.24, 2.45) is 0 Å². The number of pyridine rings is 1. The van der Waals surface area contributed by atoms with Gasteiger partial charge in [-0.05, 0) is 11.6 Å². The van der Waals surface area contributed by atoms with Crippen molar-refractivity contribution in [3.8, 4) is 11.3 Å². The Morgan fingerprint density at radius 3 is 1.80 bits per heavy atom. The molecule has 0 aliphatic heterocycles. The van der Waals surface area contributed by atoms with Crippen molar-refractivity contribution in [1.29, 1.82) is 0 Å². The van der Waals surface area contributed by atoms with Crippen LogP contribution in [0.25, 0.3) is 11.3 Å². The lowest BCUT2D eigenvalue weighted by molar-refractivity contribution is 0.280. The largest absolute Gasteiger partial charge is 0.392 e. The van der Waals surface area contributed by atoms with Crippen molar-refractivity contribution in [3.63, 3.8) is 0 Å². The highest BCUT2D eigenvalue weighted by Gasteiger charge is 2.28. The average Bonchev–Trinajstić information content (AvgIpc) is 2.44. The van der Waals surface area contributed by atoms with Crippen LogP contribution in [0.1, 0.15) is 5.56 Å². The summed E-state index contributed by atoms with van der Waals surface area (Å²) < 4.78 is 79.4. The van der Waals surface area contributed by atoms with Gasteiger partial charge in [-0.2, -0.15) is 0 Å². The molecule has 1 aromatic heterocycles. The van der Waals surface area contributed by atoms with Gasteiger partial charge in [0.05, 0.1) is 12.2 Å². The van der Waals surface area contributed by atoms with E-state index in [9.17, 15) is 26.3 Å². The minimum atomic E-state index is -2.34. The molecule has 0 radical (unpaired) electrons. The third-order valence-electron chi connectivity index (χ3n) is 2.53. The standard InChI is InChI=1S/C12H5F6NO/c13-5-1-4(3-20)2-19-12(5)6-7(14)9(16)11(18)10(17)8(6)15/h1-2,20H,3H2. The lowest BCUT2D eigenvalue weighted by Crippen LogP contribution is -2.06. The Kier molecular flexibility index (Phi) is 3.67. The molecular weight excluding hydrogens is 288 g/mol. The maximum atomic E-state index is 13.6. The van der Waals surface area contributed by atoms with E-state index in [-0.39, 0.29) is 5.56 Å². The average molecular weight is 293 g/mol.